The number of pyridine rings is 1. The molecule has 1 aromatic carbocycles. The summed E-state index contributed by atoms with van der Waals surface area (Å²) in [5.74, 6) is 0.954. The Bertz CT molecular complexity index is 1150. The first-order chi connectivity index (χ1) is 14.8. The number of sulfone groups is 1. The molecule has 0 radical (unpaired) electrons. The second-order valence-electron chi connectivity index (χ2n) is 8.59. The van der Waals surface area contributed by atoms with E-state index in [9.17, 15) is 17.6 Å². The molecule has 1 aliphatic heterocycles. The second-order valence-corrected chi connectivity index (χ2v) is 11.8. The molecule has 9 heteroatoms. The molecule has 6 nitrogen and oxygen atoms in total. The molecule has 0 atom stereocenters. The summed E-state index contributed by atoms with van der Waals surface area (Å²) in [6.45, 7) is 0.460. The van der Waals surface area contributed by atoms with Crippen LogP contribution in [0.2, 0.25) is 0 Å². The van der Waals surface area contributed by atoms with Gasteiger partial charge in [-0.05, 0) is 77.2 Å². The smallest absolute Gasteiger partial charge is 0.255 e. The number of hydrogen-bond acceptors (Lipinski definition) is 5. The summed E-state index contributed by atoms with van der Waals surface area (Å²) in [4.78, 5) is 19.6. The molecule has 4 aliphatic rings. The van der Waals surface area contributed by atoms with Crippen molar-refractivity contribution in [2.24, 2.45) is 0 Å². The van der Waals surface area contributed by atoms with Gasteiger partial charge >= 0.3 is 0 Å². The molecule has 3 aliphatic carbocycles. The van der Waals surface area contributed by atoms with E-state index in [-0.39, 0.29) is 36.3 Å². The topological polar surface area (TPSA) is 79.4 Å². The number of halogens is 2. The second kappa shape index (κ2) is 7.85. The molecule has 2 bridgehead atoms. The minimum Gasteiger partial charge on any atom is -0.340 e. The summed E-state index contributed by atoms with van der Waals surface area (Å²) in [5.41, 5.74) is 3.50. The molecule has 1 saturated heterocycles. The first kappa shape index (κ1) is 20.9. The third kappa shape index (κ3) is 3.86. The van der Waals surface area contributed by atoms with Gasteiger partial charge in [-0.1, -0.05) is 0 Å². The van der Waals surface area contributed by atoms with E-state index in [1.165, 1.54) is 6.07 Å². The molecule has 2 aromatic rings. The van der Waals surface area contributed by atoms with Crippen molar-refractivity contribution in [3.8, 4) is 0 Å². The first-order valence-electron chi connectivity index (χ1n) is 10.6. The van der Waals surface area contributed by atoms with Crippen LogP contribution in [0.15, 0.2) is 28.9 Å². The van der Waals surface area contributed by atoms with E-state index in [1.807, 2.05) is 0 Å². The Balaban J connectivity index is 1.52. The monoisotopic (exact) mass is 507 g/mol. The quantitative estimate of drug-likeness (QED) is 0.667. The maximum atomic E-state index is 13.6. The van der Waals surface area contributed by atoms with Crippen LogP contribution in [-0.4, -0.2) is 48.8 Å². The molecule has 164 valence electrons. The third-order valence-electron chi connectivity index (χ3n) is 6.75. The number of fused-ring (bicyclic) bond motifs is 2. The van der Waals surface area contributed by atoms with E-state index in [4.69, 9.17) is 0 Å². The number of carbonyl (C=O) groups is 1. The summed E-state index contributed by atoms with van der Waals surface area (Å²) < 4.78 is 37.5. The molecule has 0 spiro atoms. The Morgan fingerprint density at radius 1 is 1.10 bits per heavy atom. The highest BCUT2D eigenvalue weighted by Crippen LogP contribution is 2.52. The standard InChI is InChI=1S/C22H23BrFN3O3S/c23-17-11-15(5-6-18(17)24)26-21-20-14-3-1-13(2-4-14)19(20)16(12-25-21)22(28)27-7-9-31(29,30)10-8-27/h5-6,11-14H,1-4,7-10H2,(H,25,26). The average Bonchev–Trinajstić information content (AvgIpc) is 2.77. The Hall–Kier alpha value is -2.00. The largest absolute Gasteiger partial charge is 0.340 e. The van der Waals surface area contributed by atoms with E-state index < -0.39 is 9.84 Å². The molecule has 1 amide bonds. The van der Waals surface area contributed by atoms with Crippen LogP contribution >= 0.6 is 15.9 Å². The Morgan fingerprint density at radius 2 is 1.74 bits per heavy atom. The maximum Gasteiger partial charge on any atom is 0.255 e. The van der Waals surface area contributed by atoms with Crippen molar-refractivity contribution in [2.45, 2.75) is 37.5 Å². The summed E-state index contributed by atoms with van der Waals surface area (Å²) in [6, 6.07) is 4.74. The fourth-order valence-corrected chi connectivity index (χ4v) is 6.71. The highest BCUT2D eigenvalue weighted by molar-refractivity contribution is 9.10. The van der Waals surface area contributed by atoms with Crippen LogP contribution in [0.1, 0.15) is 59.0 Å². The normalized spacial score (nSPS) is 24.0. The number of hydrogen-bond donors (Lipinski definition) is 1. The van der Waals surface area contributed by atoms with Crippen molar-refractivity contribution < 1.29 is 17.6 Å². The molecule has 1 aromatic heterocycles. The van der Waals surface area contributed by atoms with Crippen molar-refractivity contribution in [3.05, 3.63) is 51.4 Å². The van der Waals surface area contributed by atoms with Crippen molar-refractivity contribution in [1.29, 1.82) is 0 Å². The van der Waals surface area contributed by atoms with Gasteiger partial charge in [-0.25, -0.2) is 17.8 Å². The van der Waals surface area contributed by atoms with Crippen LogP contribution in [-0.2, 0) is 9.84 Å². The SMILES string of the molecule is O=C(c1cnc(Nc2ccc(F)c(Br)c2)c2c1C1CCC2CC1)N1CCS(=O)(=O)CC1. The number of nitrogens with one attached hydrogen (secondary N) is 1. The number of aromatic nitrogens is 1. The fourth-order valence-electron chi connectivity index (χ4n) is 5.13. The number of rotatable bonds is 3. The minimum absolute atomic E-state index is 0.0134. The first-order valence-corrected chi connectivity index (χ1v) is 13.2. The van der Waals surface area contributed by atoms with Crippen molar-refractivity contribution >= 4 is 43.2 Å². The molecule has 31 heavy (non-hydrogen) atoms. The van der Waals surface area contributed by atoms with Gasteiger partial charge < -0.3 is 10.2 Å². The lowest BCUT2D eigenvalue weighted by molar-refractivity contribution is 0.0767. The van der Waals surface area contributed by atoms with E-state index in [2.05, 4.69) is 26.2 Å². The predicted octanol–water partition coefficient (Wildman–Crippen LogP) is 4.35. The lowest BCUT2D eigenvalue weighted by Crippen LogP contribution is -2.44. The molecule has 2 fully saturated rings. The zero-order chi connectivity index (χ0) is 21.8. The number of benzene rings is 1. The van der Waals surface area contributed by atoms with Gasteiger partial charge in [0.25, 0.3) is 5.91 Å². The number of amides is 1. The maximum absolute atomic E-state index is 13.6. The molecule has 6 rings (SSSR count). The van der Waals surface area contributed by atoms with Crippen LogP contribution in [0.5, 0.6) is 0 Å². The molecule has 1 N–H and O–H groups in total. The van der Waals surface area contributed by atoms with Gasteiger partial charge in [-0.15, -0.1) is 0 Å². The molecule has 0 unspecified atom stereocenters. The van der Waals surface area contributed by atoms with Gasteiger partial charge in [0.2, 0.25) is 0 Å². The Labute approximate surface area is 189 Å². The van der Waals surface area contributed by atoms with Crippen molar-refractivity contribution in [3.63, 3.8) is 0 Å². The van der Waals surface area contributed by atoms with E-state index >= 15 is 0 Å². The summed E-state index contributed by atoms with van der Waals surface area (Å²) in [7, 11) is -3.06. The van der Waals surface area contributed by atoms with Crippen molar-refractivity contribution in [1.82, 2.24) is 9.88 Å². The van der Waals surface area contributed by atoms with E-state index in [0.29, 0.717) is 21.9 Å². The minimum atomic E-state index is -3.06. The number of nitrogens with zero attached hydrogens (tertiary/aromatic N) is 2. The number of anilines is 2. The van der Waals surface area contributed by atoms with Crippen LogP contribution in [0.3, 0.4) is 0 Å². The van der Waals surface area contributed by atoms with Gasteiger partial charge in [0.1, 0.15) is 11.6 Å². The zero-order valence-corrected chi connectivity index (χ0v) is 19.3. The van der Waals surface area contributed by atoms with Gasteiger partial charge in [-0.3, -0.25) is 4.79 Å². The van der Waals surface area contributed by atoms with Crippen LogP contribution in [0.25, 0.3) is 0 Å². The Kier molecular flexibility index (Phi) is 5.29. The van der Waals surface area contributed by atoms with Crippen LogP contribution < -0.4 is 5.32 Å². The molecular weight excluding hydrogens is 485 g/mol. The highest BCUT2D eigenvalue weighted by Gasteiger charge is 2.39. The summed E-state index contributed by atoms with van der Waals surface area (Å²) >= 11 is 3.22. The third-order valence-corrected chi connectivity index (χ3v) is 8.96. The van der Waals surface area contributed by atoms with Gasteiger partial charge in [0.15, 0.2) is 9.84 Å². The van der Waals surface area contributed by atoms with Crippen LogP contribution in [0.4, 0.5) is 15.9 Å². The summed E-state index contributed by atoms with van der Waals surface area (Å²) in [6.07, 6.45) is 5.88. The van der Waals surface area contributed by atoms with Gasteiger partial charge in [0.05, 0.1) is 21.5 Å². The fraction of sp³-hybridized carbons (Fsp3) is 0.455. The van der Waals surface area contributed by atoms with Crippen molar-refractivity contribution in [2.75, 3.05) is 29.9 Å². The lowest BCUT2D eigenvalue weighted by Gasteiger charge is -2.40. The number of carbonyl (C=O) groups excluding carboxylic acids is 1. The zero-order valence-electron chi connectivity index (χ0n) is 16.9. The van der Waals surface area contributed by atoms with E-state index in [1.54, 1.807) is 23.2 Å². The molecule has 2 heterocycles. The predicted molar refractivity (Wildman–Crippen MR) is 120 cm³/mol. The van der Waals surface area contributed by atoms with E-state index in [0.717, 1.165) is 48.3 Å². The molecule has 1 saturated carbocycles. The van der Waals surface area contributed by atoms with Crippen LogP contribution in [0, 0.1) is 5.82 Å². The average molecular weight is 508 g/mol. The lowest BCUT2D eigenvalue weighted by atomic mass is 9.66. The highest BCUT2D eigenvalue weighted by atomic mass is 79.9. The van der Waals surface area contributed by atoms with Gasteiger partial charge in [-0.2, -0.15) is 0 Å². The van der Waals surface area contributed by atoms with Gasteiger partial charge in [0, 0.05) is 30.5 Å². The Morgan fingerprint density at radius 3 is 2.39 bits per heavy atom. The summed E-state index contributed by atoms with van der Waals surface area (Å²) in [5, 5.41) is 3.33. The molecular formula is C22H23BrFN3O3S.